The molecule has 2 aromatic rings. The van der Waals surface area contributed by atoms with Crippen molar-refractivity contribution in [1.82, 2.24) is 9.62 Å². The van der Waals surface area contributed by atoms with Crippen LogP contribution in [0.2, 0.25) is 0 Å². The second kappa shape index (κ2) is 8.62. The highest BCUT2D eigenvalue weighted by atomic mass is 32.2. The average molecular weight is 418 g/mol. The molecule has 0 aromatic heterocycles. The number of aliphatic carboxylic acids is 1. The van der Waals surface area contributed by atoms with E-state index in [0.717, 1.165) is 4.31 Å². The summed E-state index contributed by atoms with van der Waals surface area (Å²) in [7, 11) is -3.86. The minimum absolute atomic E-state index is 0.0134. The first-order valence-electron chi connectivity index (χ1n) is 9.17. The summed E-state index contributed by atoms with van der Waals surface area (Å²) in [4.78, 5) is 24.5. The number of phenols is 1. The van der Waals surface area contributed by atoms with Gasteiger partial charge in [-0.05, 0) is 42.7 Å². The van der Waals surface area contributed by atoms with Crippen molar-refractivity contribution < 1.29 is 28.2 Å². The quantitative estimate of drug-likeness (QED) is 0.624. The molecule has 1 saturated heterocycles. The van der Waals surface area contributed by atoms with Gasteiger partial charge in [0.1, 0.15) is 17.8 Å². The minimum atomic E-state index is -3.86. The number of hydrogen-bond acceptors (Lipinski definition) is 5. The molecule has 1 unspecified atom stereocenters. The molecule has 1 amide bonds. The maximum Gasteiger partial charge on any atom is 0.326 e. The first kappa shape index (κ1) is 20.8. The predicted molar refractivity (Wildman–Crippen MR) is 105 cm³/mol. The Morgan fingerprint density at radius 1 is 1.10 bits per heavy atom. The highest BCUT2D eigenvalue weighted by Crippen LogP contribution is 2.26. The smallest absolute Gasteiger partial charge is 0.326 e. The number of benzene rings is 2. The Morgan fingerprint density at radius 2 is 1.76 bits per heavy atom. The molecule has 1 fully saturated rings. The molecule has 0 bridgehead atoms. The molecule has 3 N–H and O–H groups in total. The molecule has 2 atom stereocenters. The summed E-state index contributed by atoms with van der Waals surface area (Å²) in [6.45, 7) is 0.199. The number of rotatable bonds is 7. The third kappa shape index (κ3) is 4.75. The molecule has 0 spiro atoms. The second-order valence-electron chi connectivity index (χ2n) is 6.86. The molecule has 1 aliphatic rings. The number of carboxylic acids is 1. The fourth-order valence-corrected chi connectivity index (χ4v) is 5.03. The summed E-state index contributed by atoms with van der Waals surface area (Å²) >= 11 is 0. The molecule has 0 saturated carbocycles. The molecule has 2 aromatic carbocycles. The summed E-state index contributed by atoms with van der Waals surface area (Å²) in [6, 6.07) is 11.7. The lowest BCUT2D eigenvalue weighted by Crippen LogP contribution is -2.51. The summed E-state index contributed by atoms with van der Waals surface area (Å²) in [6.07, 6.45) is 0.850. The van der Waals surface area contributed by atoms with Crippen LogP contribution in [-0.2, 0) is 26.0 Å². The molecule has 1 aliphatic heterocycles. The topological polar surface area (TPSA) is 124 Å². The molecule has 154 valence electrons. The van der Waals surface area contributed by atoms with Crippen LogP contribution in [-0.4, -0.2) is 53.4 Å². The van der Waals surface area contributed by atoms with Gasteiger partial charge in [0.25, 0.3) is 0 Å². The zero-order valence-corrected chi connectivity index (χ0v) is 16.4. The van der Waals surface area contributed by atoms with Gasteiger partial charge in [-0.15, -0.1) is 0 Å². The highest BCUT2D eigenvalue weighted by Gasteiger charge is 2.40. The highest BCUT2D eigenvalue weighted by molar-refractivity contribution is 7.89. The number of carboxylic acid groups (broad SMARTS) is 1. The van der Waals surface area contributed by atoms with E-state index in [1.54, 1.807) is 30.3 Å². The fourth-order valence-electron chi connectivity index (χ4n) is 3.35. The zero-order chi connectivity index (χ0) is 21.0. The van der Waals surface area contributed by atoms with E-state index in [9.17, 15) is 28.2 Å². The van der Waals surface area contributed by atoms with E-state index in [1.807, 2.05) is 0 Å². The lowest BCUT2D eigenvalue weighted by Gasteiger charge is -2.25. The number of nitrogens with zero attached hydrogens (tertiary/aromatic N) is 1. The Labute approximate surface area is 168 Å². The number of amides is 1. The van der Waals surface area contributed by atoms with E-state index in [2.05, 4.69) is 5.32 Å². The Balaban J connectivity index is 1.75. The van der Waals surface area contributed by atoms with Gasteiger partial charge in [0, 0.05) is 13.0 Å². The van der Waals surface area contributed by atoms with Crippen LogP contribution in [0, 0.1) is 0 Å². The van der Waals surface area contributed by atoms with Gasteiger partial charge in [0.15, 0.2) is 0 Å². The lowest BCUT2D eigenvalue weighted by atomic mass is 10.1. The number of hydrogen-bond donors (Lipinski definition) is 3. The molecule has 0 aliphatic carbocycles. The Morgan fingerprint density at radius 3 is 2.38 bits per heavy atom. The standard InChI is InChI=1S/C20H22N2O6S/c23-15-10-8-14(9-11-15)13-17(20(25)26)21-19(24)18-7-4-12-22(18)29(27,28)16-5-2-1-3-6-16/h1-3,5-6,8-11,17-18,23H,4,7,12-13H2,(H,21,24)(H,25,26)/t17?,18-/m0/s1. The Hall–Kier alpha value is -2.91. The third-order valence-corrected chi connectivity index (χ3v) is 6.77. The van der Waals surface area contributed by atoms with Crippen molar-refractivity contribution in [3.05, 3.63) is 60.2 Å². The van der Waals surface area contributed by atoms with E-state index >= 15 is 0 Å². The van der Waals surface area contributed by atoms with Crippen LogP contribution in [0.3, 0.4) is 0 Å². The van der Waals surface area contributed by atoms with Crippen LogP contribution >= 0.6 is 0 Å². The van der Waals surface area contributed by atoms with Gasteiger partial charge in [-0.2, -0.15) is 4.31 Å². The number of carbonyl (C=O) groups excluding carboxylic acids is 1. The van der Waals surface area contributed by atoms with Crippen molar-refractivity contribution in [1.29, 1.82) is 0 Å². The largest absolute Gasteiger partial charge is 0.508 e. The van der Waals surface area contributed by atoms with E-state index in [1.165, 1.54) is 24.3 Å². The van der Waals surface area contributed by atoms with Gasteiger partial charge in [-0.1, -0.05) is 30.3 Å². The molecule has 3 rings (SSSR count). The Bertz CT molecular complexity index is 976. The van der Waals surface area contributed by atoms with Crippen molar-refractivity contribution in [3.63, 3.8) is 0 Å². The summed E-state index contributed by atoms with van der Waals surface area (Å²) in [5.74, 6) is -1.80. The van der Waals surface area contributed by atoms with Gasteiger partial charge < -0.3 is 15.5 Å². The summed E-state index contributed by atoms with van der Waals surface area (Å²) < 4.78 is 26.9. The van der Waals surface area contributed by atoms with Crippen LogP contribution in [0.15, 0.2) is 59.5 Å². The molecule has 9 heteroatoms. The first-order valence-corrected chi connectivity index (χ1v) is 10.6. The van der Waals surface area contributed by atoms with Crippen LogP contribution in [0.1, 0.15) is 18.4 Å². The number of nitrogens with one attached hydrogen (secondary N) is 1. The Kier molecular flexibility index (Phi) is 6.19. The van der Waals surface area contributed by atoms with Crippen LogP contribution < -0.4 is 5.32 Å². The molecule has 1 heterocycles. The predicted octanol–water partition coefficient (Wildman–Crippen LogP) is 1.36. The SMILES string of the molecule is O=C(O)C(Cc1ccc(O)cc1)NC(=O)[C@@H]1CCCN1S(=O)(=O)c1ccccc1. The fraction of sp³-hybridized carbons (Fsp3) is 0.300. The van der Waals surface area contributed by atoms with Gasteiger partial charge in [-0.25, -0.2) is 13.2 Å². The van der Waals surface area contributed by atoms with Crippen molar-refractivity contribution in [2.24, 2.45) is 0 Å². The summed E-state index contributed by atoms with van der Waals surface area (Å²) in [5.41, 5.74) is 0.621. The maximum absolute atomic E-state index is 12.9. The number of sulfonamides is 1. The zero-order valence-electron chi connectivity index (χ0n) is 15.6. The van der Waals surface area contributed by atoms with Gasteiger partial charge in [-0.3, -0.25) is 4.79 Å². The van der Waals surface area contributed by atoms with Gasteiger partial charge >= 0.3 is 5.97 Å². The minimum Gasteiger partial charge on any atom is -0.508 e. The monoisotopic (exact) mass is 418 g/mol. The molecule has 29 heavy (non-hydrogen) atoms. The molecule has 0 radical (unpaired) electrons. The molecule has 8 nitrogen and oxygen atoms in total. The van der Waals surface area contributed by atoms with Gasteiger partial charge in [0.2, 0.25) is 15.9 Å². The van der Waals surface area contributed by atoms with Crippen LogP contribution in [0.25, 0.3) is 0 Å². The van der Waals surface area contributed by atoms with Crippen molar-refractivity contribution >= 4 is 21.9 Å². The van der Waals surface area contributed by atoms with Crippen molar-refractivity contribution in [3.8, 4) is 5.75 Å². The lowest BCUT2D eigenvalue weighted by molar-refractivity contribution is -0.142. The van der Waals surface area contributed by atoms with E-state index < -0.39 is 34.0 Å². The summed E-state index contributed by atoms with van der Waals surface area (Å²) in [5, 5.41) is 21.3. The van der Waals surface area contributed by atoms with Crippen molar-refractivity contribution in [2.45, 2.75) is 36.2 Å². The third-order valence-electron chi connectivity index (χ3n) is 4.85. The number of phenolic OH excluding ortho intramolecular Hbond substituents is 1. The van der Waals surface area contributed by atoms with E-state index in [0.29, 0.717) is 18.4 Å². The van der Waals surface area contributed by atoms with E-state index in [-0.39, 0.29) is 23.6 Å². The van der Waals surface area contributed by atoms with Crippen molar-refractivity contribution in [2.75, 3.05) is 6.54 Å². The van der Waals surface area contributed by atoms with Crippen LogP contribution in [0.4, 0.5) is 0 Å². The van der Waals surface area contributed by atoms with Gasteiger partial charge in [0.05, 0.1) is 4.90 Å². The molecular formula is C20H22N2O6S. The average Bonchev–Trinajstić information content (AvgIpc) is 3.20. The number of aromatic hydroxyl groups is 1. The van der Waals surface area contributed by atoms with Crippen LogP contribution in [0.5, 0.6) is 5.75 Å². The van der Waals surface area contributed by atoms with E-state index in [4.69, 9.17) is 0 Å². The maximum atomic E-state index is 12.9. The molecular weight excluding hydrogens is 396 g/mol. The first-order chi connectivity index (χ1) is 13.8. The number of carbonyl (C=O) groups is 2. The second-order valence-corrected chi connectivity index (χ2v) is 8.75. The normalized spacial score (nSPS) is 18.3.